The van der Waals surface area contributed by atoms with E-state index in [1.54, 1.807) is 42.5 Å². The summed E-state index contributed by atoms with van der Waals surface area (Å²) < 4.78 is 23.6. The molecule has 1 N–H and O–H groups in total. The van der Waals surface area contributed by atoms with Gasteiger partial charge in [0.15, 0.2) is 5.76 Å². The normalized spacial score (nSPS) is 10.3. The molecule has 1 heterocycles. The lowest BCUT2D eigenvalue weighted by Crippen LogP contribution is -2.11. The zero-order valence-electron chi connectivity index (χ0n) is 13.1. The van der Waals surface area contributed by atoms with E-state index < -0.39 is 11.8 Å². The Morgan fingerprint density at radius 2 is 1.76 bits per heavy atom. The quantitative estimate of drug-likeness (QED) is 0.713. The maximum Gasteiger partial charge on any atom is 0.338 e. The Balaban J connectivity index is 1.59. The number of carbonyl (C=O) groups is 2. The first-order chi connectivity index (χ1) is 12.1. The van der Waals surface area contributed by atoms with Crippen LogP contribution in [0.3, 0.4) is 0 Å². The molecule has 0 unspecified atom stereocenters. The number of anilines is 1. The molecule has 0 aliphatic rings. The molecule has 5 nitrogen and oxygen atoms in total. The van der Waals surface area contributed by atoms with Crippen molar-refractivity contribution in [1.82, 2.24) is 0 Å². The summed E-state index contributed by atoms with van der Waals surface area (Å²) in [6.07, 6.45) is 1.41. The number of rotatable bonds is 5. The monoisotopic (exact) mass is 339 g/mol. The van der Waals surface area contributed by atoms with Crippen LogP contribution in [0.25, 0.3) is 0 Å². The summed E-state index contributed by atoms with van der Waals surface area (Å²) in [6, 6.07) is 15.4. The molecule has 0 radical (unpaired) electrons. The van der Waals surface area contributed by atoms with E-state index in [9.17, 15) is 14.0 Å². The number of benzene rings is 2. The molecule has 3 aromatic rings. The van der Waals surface area contributed by atoms with Gasteiger partial charge in [-0.05, 0) is 42.5 Å². The van der Waals surface area contributed by atoms with Gasteiger partial charge >= 0.3 is 5.97 Å². The second-order valence-electron chi connectivity index (χ2n) is 5.18. The van der Waals surface area contributed by atoms with E-state index in [1.807, 2.05) is 0 Å². The Morgan fingerprint density at radius 3 is 2.44 bits per heavy atom. The molecule has 0 saturated carbocycles. The molecule has 25 heavy (non-hydrogen) atoms. The number of furan rings is 1. The van der Waals surface area contributed by atoms with Crippen LogP contribution in [0.15, 0.2) is 71.3 Å². The Bertz CT molecular complexity index is 873. The fourth-order valence-electron chi connectivity index (χ4n) is 2.13. The first-order valence-electron chi connectivity index (χ1n) is 7.49. The predicted molar refractivity (Wildman–Crippen MR) is 88.6 cm³/mol. The third kappa shape index (κ3) is 4.11. The molecule has 0 atom stereocenters. The number of amides is 1. The largest absolute Gasteiger partial charge is 0.459 e. The van der Waals surface area contributed by atoms with Crippen LogP contribution >= 0.6 is 0 Å². The standard InChI is InChI=1S/C19H14FNO4/c20-16-5-2-1-4-14(16)12-25-19(23)13-7-9-15(10-8-13)21-18(22)17-6-3-11-24-17/h1-11H,12H2,(H,21,22). The minimum atomic E-state index is -0.577. The average molecular weight is 339 g/mol. The van der Waals surface area contributed by atoms with Crippen molar-refractivity contribution < 1.29 is 23.1 Å². The zero-order valence-corrected chi connectivity index (χ0v) is 13.1. The molecule has 6 heteroatoms. The SMILES string of the molecule is O=C(OCc1ccccc1F)c1ccc(NC(=O)c2ccco2)cc1. The Hall–Kier alpha value is -3.41. The van der Waals surface area contributed by atoms with Crippen LogP contribution in [-0.4, -0.2) is 11.9 Å². The zero-order chi connectivity index (χ0) is 17.6. The third-order valence-electron chi connectivity index (χ3n) is 3.44. The number of carbonyl (C=O) groups excluding carboxylic acids is 2. The number of nitrogens with one attached hydrogen (secondary N) is 1. The van der Waals surface area contributed by atoms with Gasteiger partial charge in [0.25, 0.3) is 5.91 Å². The molecule has 1 aromatic heterocycles. The van der Waals surface area contributed by atoms with E-state index in [-0.39, 0.29) is 18.3 Å². The van der Waals surface area contributed by atoms with E-state index >= 15 is 0 Å². The van der Waals surface area contributed by atoms with Crippen molar-refractivity contribution >= 4 is 17.6 Å². The van der Waals surface area contributed by atoms with Gasteiger partial charge in [-0.15, -0.1) is 0 Å². The minimum absolute atomic E-state index is 0.150. The molecule has 0 aliphatic carbocycles. The lowest BCUT2D eigenvalue weighted by Gasteiger charge is -2.07. The maximum absolute atomic E-state index is 13.5. The first-order valence-corrected chi connectivity index (χ1v) is 7.49. The Morgan fingerprint density at radius 1 is 1.00 bits per heavy atom. The highest BCUT2D eigenvalue weighted by Crippen LogP contribution is 2.14. The van der Waals surface area contributed by atoms with Crippen LogP contribution in [0.1, 0.15) is 26.5 Å². The van der Waals surface area contributed by atoms with Crippen LogP contribution in [0.2, 0.25) is 0 Å². The fourth-order valence-corrected chi connectivity index (χ4v) is 2.13. The van der Waals surface area contributed by atoms with Crippen molar-refractivity contribution in [3.63, 3.8) is 0 Å². The van der Waals surface area contributed by atoms with Crippen molar-refractivity contribution in [1.29, 1.82) is 0 Å². The van der Waals surface area contributed by atoms with Gasteiger partial charge < -0.3 is 14.5 Å². The maximum atomic E-state index is 13.5. The van der Waals surface area contributed by atoms with Gasteiger partial charge in [-0.2, -0.15) is 0 Å². The third-order valence-corrected chi connectivity index (χ3v) is 3.44. The molecule has 0 saturated heterocycles. The molecule has 3 rings (SSSR count). The number of hydrogen-bond donors (Lipinski definition) is 1. The molecule has 1 amide bonds. The van der Waals surface area contributed by atoms with Crippen LogP contribution < -0.4 is 5.32 Å². The molecule has 126 valence electrons. The van der Waals surface area contributed by atoms with Gasteiger partial charge in [-0.1, -0.05) is 18.2 Å². The van der Waals surface area contributed by atoms with Gasteiger partial charge in [0, 0.05) is 11.3 Å². The summed E-state index contributed by atoms with van der Waals surface area (Å²) in [7, 11) is 0. The second kappa shape index (κ2) is 7.44. The topological polar surface area (TPSA) is 68.5 Å². The summed E-state index contributed by atoms with van der Waals surface area (Å²) in [5.74, 6) is -1.20. The van der Waals surface area contributed by atoms with Crippen molar-refractivity contribution in [2.24, 2.45) is 0 Å². The molecule has 0 fully saturated rings. The Kier molecular flexibility index (Phi) is 4.89. The molecule has 2 aromatic carbocycles. The van der Waals surface area contributed by atoms with Gasteiger partial charge in [0.2, 0.25) is 0 Å². The molecular weight excluding hydrogens is 325 g/mol. The van der Waals surface area contributed by atoms with Crippen molar-refractivity contribution in [3.8, 4) is 0 Å². The van der Waals surface area contributed by atoms with Crippen molar-refractivity contribution in [2.75, 3.05) is 5.32 Å². The molecular formula is C19H14FNO4. The van der Waals surface area contributed by atoms with Gasteiger partial charge in [-0.3, -0.25) is 4.79 Å². The number of halogens is 1. The fraction of sp³-hybridized carbons (Fsp3) is 0.0526. The summed E-state index contributed by atoms with van der Waals surface area (Å²) >= 11 is 0. The van der Waals surface area contributed by atoms with E-state index in [4.69, 9.17) is 9.15 Å². The van der Waals surface area contributed by atoms with Crippen LogP contribution in [-0.2, 0) is 11.3 Å². The molecule has 0 bridgehead atoms. The predicted octanol–water partition coefficient (Wildman–Crippen LogP) is 4.03. The van der Waals surface area contributed by atoms with Gasteiger partial charge in [-0.25, -0.2) is 9.18 Å². The lowest BCUT2D eigenvalue weighted by molar-refractivity contribution is 0.0469. The summed E-state index contributed by atoms with van der Waals surface area (Å²) in [6.45, 7) is -0.150. The van der Waals surface area contributed by atoms with E-state index in [0.29, 0.717) is 16.8 Å². The lowest BCUT2D eigenvalue weighted by atomic mass is 10.2. The van der Waals surface area contributed by atoms with Crippen LogP contribution in [0, 0.1) is 5.82 Å². The van der Waals surface area contributed by atoms with E-state index in [1.165, 1.54) is 24.5 Å². The molecule has 0 aliphatic heterocycles. The Labute approximate surface area is 143 Å². The van der Waals surface area contributed by atoms with E-state index in [0.717, 1.165) is 0 Å². The number of ether oxygens (including phenoxy) is 1. The van der Waals surface area contributed by atoms with Crippen molar-refractivity contribution in [2.45, 2.75) is 6.61 Å². The number of esters is 1. The average Bonchev–Trinajstić information content (AvgIpc) is 3.16. The first kappa shape index (κ1) is 16.4. The highest BCUT2D eigenvalue weighted by atomic mass is 19.1. The minimum Gasteiger partial charge on any atom is -0.459 e. The van der Waals surface area contributed by atoms with Crippen LogP contribution in [0.4, 0.5) is 10.1 Å². The number of hydrogen-bond acceptors (Lipinski definition) is 4. The second-order valence-corrected chi connectivity index (χ2v) is 5.18. The van der Waals surface area contributed by atoms with Crippen LogP contribution in [0.5, 0.6) is 0 Å². The van der Waals surface area contributed by atoms with Gasteiger partial charge in [0.1, 0.15) is 12.4 Å². The smallest absolute Gasteiger partial charge is 0.338 e. The van der Waals surface area contributed by atoms with Crippen molar-refractivity contribution in [3.05, 3.63) is 89.6 Å². The highest BCUT2D eigenvalue weighted by molar-refractivity contribution is 6.02. The van der Waals surface area contributed by atoms with Gasteiger partial charge in [0.05, 0.1) is 11.8 Å². The van der Waals surface area contributed by atoms with E-state index in [2.05, 4.69) is 5.32 Å². The summed E-state index contributed by atoms with van der Waals surface area (Å²) in [4.78, 5) is 23.9. The highest BCUT2D eigenvalue weighted by Gasteiger charge is 2.11. The molecule has 0 spiro atoms. The summed E-state index contributed by atoms with van der Waals surface area (Å²) in [5.41, 5.74) is 1.11. The summed E-state index contributed by atoms with van der Waals surface area (Å²) in [5, 5.41) is 2.64.